The minimum Gasteiger partial charge on any atom is -0.394 e. The van der Waals surface area contributed by atoms with Gasteiger partial charge in [-0.05, 0) is 261 Å². The molecule has 148 heavy (non-hydrogen) atoms. The fraction of sp³-hybridized carbons (Fsp3) is 0.381. The molecule has 0 aliphatic heterocycles. The minimum absolute atomic E-state index is 0.0101. The Bertz CT molecular complexity index is 7010. The quantitative estimate of drug-likeness (QED) is 0.0136. The lowest BCUT2D eigenvalue weighted by Crippen LogP contribution is -2.65. The number of anilines is 5. The summed E-state index contributed by atoms with van der Waals surface area (Å²) in [6.45, 7) is 33.6. The standard InChI is InChI=1S/C22H24ClF2N3O4.C21H23ClFN3O4.2C21H25ClFN3O3.C20H23ClFN3O3/c1-11-7-13(5-6-14(11)24)26-19(31)15-12(2)28(4)17(16(15)23)18(30)20(32)27-22(10-29)8-21(3,25)9-22;1-10-9-12(7-8-13(10)23)24-20(29)16-11(2)26(3)18(17(16)22)19(28)21(30)25-14-5-4-6-15(14)27;1-11-9-13(7-8-14(11)23)25-19(28)15-12(2)26(6)17(16(15)22)18(27)20(29)24-10-21(3,4)5;1-7-21(4,5)25-20(29)18(27)17-16(22)15(12(3)26(17)6)19(28)24-13-8-9-14(23)11(2)10-13;1-10-9-12(7-8-13(10)22)23-18(27)14-11(2)25(6)16(15(14)21)17(26)19(28)24-20(3,4)5/h5-7,29H,8-10H2,1-4H3,(H,26,31)(H,27,32);7-9,14-15,27H,4-6H2,1-3H3,(H,24,29)(H,25,30);7-9H,10H2,1-6H3,(H,24,29)(H,25,28);8-10H,7H2,1-6H3,(H,24,28)(H,25,29);7-9H,1-6H3,(H,23,27)(H,24,28)/t;14-,15+;;;/m.1.../s1. The summed E-state index contributed by atoms with van der Waals surface area (Å²) in [5, 5.41) is 44.7. The van der Waals surface area contributed by atoms with E-state index >= 15 is 0 Å². The second-order valence-electron chi connectivity index (χ2n) is 39.5. The van der Waals surface area contributed by atoms with E-state index in [4.69, 9.17) is 58.0 Å². The summed E-state index contributed by atoms with van der Waals surface area (Å²) >= 11 is 31.7. The van der Waals surface area contributed by atoms with E-state index < -0.39 is 141 Å². The van der Waals surface area contributed by atoms with Crippen molar-refractivity contribution in [3.63, 3.8) is 0 Å². The number of aromatic nitrogens is 5. The zero-order chi connectivity index (χ0) is 112. The SMILES string of the molecule is CCC(C)(C)NC(=O)C(=O)c1c(Cl)c(C(=O)Nc2ccc(F)c(C)c2)c(C)n1C.Cc1cc(NC(=O)c2c(Cl)c(C(=O)C(=O)NC(C)(C)C)n(C)c2C)ccc1F.Cc1cc(NC(=O)c2c(Cl)c(C(=O)C(=O)NC3(CO)CC(C)(F)C3)n(C)c2C)ccc1F.Cc1cc(NC(=O)c2c(Cl)c(C(=O)C(=O)NCC(C)(C)C)n(C)c2C)ccc1F.Cc1cc(NC(=O)c2c(Cl)c(C(=O)C(=O)N[C@@H]3CCC[C@@H]3O)n(C)c2C)ccc1F. The van der Waals surface area contributed by atoms with Gasteiger partial charge in [-0.3, -0.25) is 71.9 Å². The predicted molar refractivity (Wildman–Crippen MR) is 554 cm³/mol. The highest BCUT2D eigenvalue weighted by Gasteiger charge is 2.54. The number of nitrogens with zero attached hydrogens (tertiary/aromatic N) is 5. The van der Waals surface area contributed by atoms with Crippen molar-refractivity contribution in [1.29, 1.82) is 0 Å². The lowest BCUT2D eigenvalue weighted by Gasteiger charge is -2.49. The molecular formula is C105H120Cl5F6N15O17. The molecule has 0 saturated heterocycles. The van der Waals surface area contributed by atoms with Crippen LogP contribution in [0.15, 0.2) is 91.0 Å². The number of amides is 10. The van der Waals surface area contributed by atoms with Crippen molar-refractivity contribution >= 4 is 174 Å². The fourth-order valence-corrected chi connectivity index (χ4v) is 18.2. The van der Waals surface area contributed by atoms with Gasteiger partial charge >= 0.3 is 0 Å². The van der Waals surface area contributed by atoms with Gasteiger partial charge < -0.3 is 86.2 Å². The van der Waals surface area contributed by atoms with Crippen molar-refractivity contribution in [2.45, 2.75) is 211 Å². The Kier molecular flexibility index (Phi) is 39.0. The Hall–Kier alpha value is -13.5. The first-order valence-electron chi connectivity index (χ1n) is 46.4. The number of carbonyl (C=O) groups is 15. The summed E-state index contributed by atoms with van der Waals surface area (Å²) in [5.41, 5.74) is 1.42. The van der Waals surface area contributed by atoms with E-state index in [-0.39, 0.29) is 117 Å². The molecule has 5 heterocycles. The smallest absolute Gasteiger partial charge is 0.294 e. The number of nitrogens with one attached hydrogen (secondary N) is 10. The van der Waals surface area contributed by atoms with Gasteiger partial charge in [0.25, 0.3) is 88.0 Å². The molecule has 12 N–H and O–H groups in total. The number of hydrogen-bond acceptors (Lipinski definition) is 17. The van der Waals surface area contributed by atoms with Crippen LogP contribution in [-0.2, 0) is 59.2 Å². The fourth-order valence-electron chi connectivity index (χ4n) is 16.0. The molecule has 0 spiro atoms. The Balaban J connectivity index is 0.000000226. The number of halogens is 11. The lowest BCUT2D eigenvalue weighted by atomic mass is 9.67. The molecule has 5 aromatic heterocycles. The second kappa shape index (κ2) is 48.2. The third-order valence-electron chi connectivity index (χ3n) is 25.0. The molecule has 10 amide bonds. The van der Waals surface area contributed by atoms with E-state index in [1.54, 1.807) is 125 Å². The van der Waals surface area contributed by atoms with Crippen LogP contribution in [0.5, 0.6) is 0 Å². The van der Waals surface area contributed by atoms with Crippen molar-refractivity contribution < 1.29 is 108 Å². The van der Waals surface area contributed by atoms with Crippen LogP contribution in [0.4, 0.5) is 54.8 Å². The summed E-state index contributed by atoms with van der Waals surface area (Å²) in [4.78, 5) is 189. The molecule has 43 heteroatoms. The normalized spacial score (nSPS) is 15.1. The largest absolute Gasteiger partial charge is 0.394 e. The van der Waals surface area contributed by atoms with Gasteiger partial charge in [-0.25, -0.2) is 26.3 Å². The molecule has 2 aliphatic rings. The van der Waals surface area contributed by atoms with E-state index in [0.717, 1.165) is 6.42 Å². The molecule has 0 bridgehead atoms. The molecule has 794 valence electrons. The first kappa shape index (κ1) is 120. The van der Waals surface area contributed by atoms with Crippen LogP contribution in [0.25, 0.3) is 0 Å². The number of aliphatic hydroxyl groups is 2. The third kappa shape index (κ3) is 28.3. The van der Waals surface area contributed by atoms with E-state index in [0.29, 0.717) is 111 Å². The van der Waals surface area contributed by atoms with Gasteiger partial charge in [-0.15, -0.1) is 0 Å². The Morgan fingerprint density at radius 1 is 0.385 bits per heavy atom. The highest BCUT2D eigenvalue weighted by molar-refractivity contribution is 6.51. The van der Waals surface area contributed by atoms with Gasteiger partial charge in [0.15, 0.2) is 0 Å². The van der Waals surface area contributed by atoms with Crippen molar-refractivity contribution in [1.82, 2.24) is 49.4 Å². The summed E-state index contributed by atoms with van der Waals surface area (Å²) < 4.78 is 88.1. The van der Waals surface area contributed by atoms with E-state index in [2.05, 4.69) is 53.2 Å². The maximum absolute atomic E-state index is 13.9. The molecule has 0 radical (unpaired) electrons. The van der Waals surface area contributed by atoms with Crippen LogP contribution in [0.2, 0.25) is 25.1 Å². The third-order valence-corrected chi connectivity index (χ3v) is 26.8. The zero-order valence-corrected chi connectivity index (χ0v) is 90.2. The number of rotatable bonds is 26. The number of carbonyl (C=O) groups excluding carboxylic acids is 15. The Labute approximate surface area is 876 Å². The minimum atomic E-state index is -1.54. The number of alkyl halides is 1. The van der Waals surface area contributed by atoms with Gasteiger partial charge in [0.1, 0.15) is 63.2 Å². The number of aliphatic hydroxyl groups excluding tert-OH is 2. The summed E-state index contributed by atoms with van der Waals surface area (Å²) in [5.74, 6) is -13.5. The van der Waals surface area contributed by atoms with Crippen molar-refractivity contribution in [2.75, 3.05) is 39.7 Å². The second-order valence-corrected chi connectivity index (χ2v) is 41.4. The van der Waals surface area contributed by atoms with Crippen molar-refractivity contribution in [2.24, 2.45) is 40.7 Å². The average molecular weight is 2160 g/mol. The van der Waals surface area contributed by atoms with Crippen LogP contribution in [0.3, 0.4) is 0 Å². The molecular weight excluding hydrogens is 2030 g/mol. The molecule has 5 aromatic carbocycles. The first-order chi connectivity index (χ1) is 68.5. The first-order valence-corrected chi connectivity index (χ1v) is 48.2. The van der Waals surface area contributed by atoms with Crippen LogP contribution < -0.4 is 53.2 Å². The van der Waals surface area contributed by atoms with Crippen LogP contribution in [-0.4, -0.2) is 169 Å². The maximum Gasteiger partial charge on any atom is 0.294 e. The summed E-state index contributed by atoms with van der Waals surface area (Å²) in [6, 6.07) is 20.2. The topological polar surface area (TPSA) is 441 Å². The molecule has 2 atom stereocenters. The van der Waals surface area contributed by atoms with Gasteiger partial charge in [-0.2, -0.15) is 0 Å². The summed E-state index contributed by atoms with van der Waals surface area (Å²) in [7, 11) is 7.68. The monoisotopic (exact) mass is 2150 g/mol. The Morgan fingerprint density at radius 2 is 0.635 bits per heavy atom. The molecule has 12 rings (SSSR count). The van der Waals surface area contributed by atoms with Gasteiger partial charge in [0, 0.05) is 123 Å². The summed E-state index contributed by atoms with van der Waals surface area (Å²) in [6.07, 6.45) is 1.61. The van der Waals surface area contributed by atoms with Crippen LogP contribution >= 0.6 is 58.0 Å². The number of benzene rings is 5. The number of ketones is 5. The Morgan fingerprint density at radius 3 is 0.858 bits per heavy atom. The van der Waals surface area contributed by atoms with Gasteiger partial charge in [-0.1, -0.05) is 85.7 Å². The molecule has 2 aliphatic carbocycles. The molecule has 0 unspecified atom stereocenters. The molecule has 32 nitrogen and oxygen atoms in total. The lowest BCUT2D eigenvalue weighted by molar-refractivity contribution is -0.125. The van der Waals surface area contributed by atoms with E-state index in [9.17, 15) is 108 Å². The van der Waals surface area contributed by atoms with Gasteiger partial charge in [0.05, 0.1) is 77.2 Å². The van der Waals surface area contributed by atoms with Crippen molar-refractivity contribution in [3.8, 4) is 0 Å². The highest BCUT2D eigenvalue weighted by Crippen LogP contribution is 2.45. The molecule has 2 fully saturated rings. The van der Waals surface area contributed by atoms with E-state index in [1.165, 1.54) is 135 Å². The number of hydrogen-bond donors (Lipinski definition) is 12. The van der Waals surface area contributed by atoms with E-state index in [1.807, 2.05) is 27.7 Å². The van der Waals surface area contributed by atoms with Crippen LogP contribution in [0, 0.1) is 104 Å². The zero-order valence-electron chi connectivity index (χ0n) is 86.4. The number of aryl methyl sites for hydroxylation is 5. The average Bonchev–Trinajstić information content (AvgIpc) is 1.67. The van der Waals surface area contributed by atoms with Gasteiger partial charge in [0.2, 0.25) is 0 Å². The maximum atomic E-state index is 13.9. The highest BCUT2D eigenvalue weighted by atomic mass is 35.5. The molecule has 10 aromatic rings. The van der Waals surface area contributed by atoms with Crippen molar-refractivity contribution in [3.05, 3.63) is 258 Å². The molecule has 2 saturated carbocycles. The van der Waals surface area contributed by atoms with Crippen LogP contribution in [0.1, 0.15) is 268 Å². The number of Topliss-reactive ketones (excluding diaryl/α,β-unsaturated/α-hetero) is 5. The predicted octanol–water partition coefficient (Wildman–Crippen LogP) is 18.1.